The third kappa shape index (κ3) is 4.12. The Hall–Kier alpha value is -3.80. The highest BCUT2D eigenvalue weighted by Gasteiger charge is 2.51. The summed E-state index contributed by atoms with van der Waals surface area (Å²) in [5.41, 5.74) is 1.58. The van der Waals surface area contributed by atoms with Gasteiger partial charge in [0.1, 0.15) is 11.5 Å². The van der Waals surface area contributed by atoms with E-state index in [1.54, 1.807) is 48.4 Å². The molecule has 1 amide bonds. The first-order valence-corrected chi connectivity index (χ1v) is 9.67. The van der Waals surface area contributed by atoms with Crippen LogP contribution in [0.25, 0.3) is 0 Å². The predicted octanol–water partition coefficient (Wildman–Crippen LogP) is 3.64. The summed E-state index contributed by atoms with van der Waals surface area (Å²) in [7, 11) is 1.59. The van der Waals surface area contributed by atoms with E-state index in [0.29, 0.717) is 17.2 Å². The minimum Gasteiger partial charge on any atom is -0.624 e. The van der Waals surface area contributed by atoms with Crippen LogP contribution >= 0.6 is 0 Å². The van der Waals surface area contributed by atoms with Crippen molar-refractivity contribution in [3.05, 3.63) is 95.7 Å². The van der Waals surface area contributed by atoms with E-state index in [-0.39, 0.29) is 12.5 Å². The fraction of sp³-hybridized carbons (Fsp3) is 0.167. The monoisotopic (exact) mass is 402 g/mol. The van der Waals surface area contributed by atoms with Gasteiger partial charge < -0.3 is 14.7 Å². The Morgan fingerprint density at radius 1 is 0.933 bits per heavy atom. The summed E-state index contributed by atoms with van der Waals surface area (Å²) in [6.45, 7) is 0.194. The van der Waals surface area contributed by atoms with Crippen molar-refractivity contribution in [1.82, 2.24) is 0 Å². The maximum atomic E-state index is 12.9. The average molecular weight is 402 g/mol. The van der Waals surface area contributed by atoms with Gasteiger partial charge in [-0.25, -0.2) is 4.74 Å². The van der Waals surface area contributed by atoms with Crippen LogP contribution in [-0.2, 0) is 11.3 Å². The highest BCUT2D eigenvalue weighted by Crippen LogP contribution is 2.31. The number of hydrogen-bond donors (Lipinski definition) is 0. The zero-order valence-electron chi connectivity index (χ0n) is 16.5. The van der Waals surface area contributed by atoms with Crippen molar-refractivity contribution < 1.29 is 19.0 Å². The number of ether oxygens (including phenoxy) is 2. The van der Waals surface area contributed by atoms with Crippen LogP contribution in [0, 0.1) is 5.21 Å². The molecule has 152 valence electrons. The van der Waals surface area contributed by atoms with Crippen molar-refractivity contribution in [3.8, 4) is 11.5 Å². The number of carbonyl (C=O) groups excluding carboxylic acids is 1. The Morgan fingerprint density at radius 3 is 2.20 bits per heavy atom. The van der Waals surface area contributed by atoms with E-state index in [1.165, 1.54) is 6.21 Å². The molecule has 0 unspecified atom stereocenters. The molecule has 3 aromatic carbocycles. The predicted molar refractivity (Wildman–Crippen MR) is 115 cm³/mol. The third-order valence-electron chi connectivity index (χ3n) is 4.95. The molecule has 1 aliphatic rings. The lowest BCUT2D eigenvalue weighted by atomic mass is 9.97. The molecule has 0 aromatic heterocycles. The van der Waals surface area contributed by atoms with Crippen molar-refractivity contribution in [2.24, 2.45) is 0 Å². The van der Waals surface area contributed by atoms with Crippen molar-refractivity contribution in [2.75, 3.05) is 12.0 Å². The summed E-state index contributed by atoms with van der Waals surface area (Å²) >= 11 is 0. The molecule has 0 N–H and O–H groups in total. The fourth-order valence-corrected chi connectivity index (χ4v) is 3.42. The average Bonchev–Trinajstić information content (AvgIpc) is 2.79. The molecule has 0 spiro atoms. The number of hydroxylamine groups is 1. The van der Waals surface area contributed by atoms with Gasteiger partial charge in [-0.3, -0.25) is 9.69 Å². The second-order valence-corrected chi connectivity index (χ2v) is 6.96. The lowest BCUT2D eigenvalue weighted by Gasteiger charge is -2.43. The first-order chi connectivity index (χ1) is 14.7. The van der Waals surface area contributed by atoms with Crippen LogP contribution < -0.4 is 14.4 Å². The van der Waals surface area contributed by atoms with Gasteiger partial charge in [-0.2, -0.15) is 0 Å². The number of rotatable bonds is 7. The number of hydrogen-bond acceptors (Lipinski definition) is 4. The molecule has 30 heavy (non-hydrogen) atoms. The van der Waals surface area contributed by atoms with Crippen LogP contribution in [0.4, 0.5) is 5.69 Å². The molecule has 6 heteroatoms. The molecular weight excluding hydrogens is 380 g/mol. The van der Waals surface area contributed by atoms with Crippen molar-refractivity contribution in [3.63, 3.8) is 0 Å². The van der Waals surface area contributed by atoms with Crippen molar-refractivity contribution >= 4 is 17.8 Å². The Labute approximate surface area is 175 Å². The molecular formula is C24H22N2O4. The minimum atomic E-state index is -0.762. The van der Waals surface area contributed by atoms with Gasteiger partial charge in [-0.15, -0.1) is 0 Å². The molecule has 1 saturated heterocycles. The van der Waals surface area contributed by atoms with Gasteiger partial charge in [0.25, 0.3) is 5.91 Å². The smallest absolute Gasteiger partial charge is 0.271 e. The summed E-state index contributed by atoms with van der Waals surface area (Å²) in [4.78, 5) is 14.5. The normalized spacial score (nSPS) is 18.6. The number of amides is 1. The van der Waals surface area contributed by atoms with Gasteiger partial charge in [0.05, 0.1) is 7.11 Å². The zero-order valence-corrected chi connectivity index (χ0v) is 16.5. The lowest BCUT2D eigenvalue weighted by molar-refractivity contribution is -0.471. The summed E-state index contributed by atoms with van der Waals surface area (Å²) in [5, 5.41) is 12.6. The van der Waals surface area contributed by atoms with Gasteiger partial charge in [-0.05, 0) is 36.4 Å². The Balaban J connectivity index is 1.60. The summed E-state index contributed by atoms with van der Waals surface area (Å²) in [6.07, 6.45) is 0.744. The molecule has 0 radical (unpaired) electrons. The summed E-state index contributed by atoms with van der Waals surface area (Å²) < 4.78 is 12.0. The van der Waals surface area contributed by atoms with E-state index in [4.69, 9.17) is 9.47 Å². The Morgan fingerprint density at radius 2 is 1.57 bits per heavy atom. The maximum Gasteiger partial charge on any atom is 0.271 e. The largest absolute Gasteiger partial charge is 0.624 e. The number of anilines is 1. The van der Waals surface area contributed by atoms with Gasteiger partial charge >= 0.3 is 0 Å². The second kappa shape index (κ2) is 8.69. The number of para-hydroxylation sites is 1. The van der Waals surface area contributed by atoms with E-state index < -0.39 is 12.1 Å². The van der Waals surface area contributed by atoms with Crippen LogP contribution in [-0.4, -0.2) is 36.1 Å². The molecule has 0 saturated carbocycles. The molecule has 1 aliphatic heterocycles. The molecule has 2 atom stereocenters. The molecule has 1 heterocycles. The summed E-state index contributed by atoms with van der Waals surface area (Å²) in [5.74, 6) is 1.08. The summed E-state index contributed by atoms with van der Waals surface area (Å²) in [6, 6.07) is 25.2. The number of nitrogens with zero attached hydrogens (tertiary/aromatic N) is 2. The number of benzene rings is 3. The zero-order chi connectivity index (χ0) is 20.9. The van der Waals surface area contributed by atoms with Crippen LogP contribution in [0.5, 0.6) is 11.5 Å². The van der Waals surface area contributed by atoms with Gasteiger partial charge in [0.15, 0.2) is 18.8 Å². The van der Waals surface area contributed by atoms with E-state index in [2.05, 4.69) is 0 Å². The SMILES string of the molecule is COc1ccc(N2C(=O)[C@H](Oc3ccccc3)[C@@H]2/C=[N+](\[O-])Cc2ccccc2)cc1. The van der Waals surface area contributed by atoms with E-state index in [9.17, 15) is 10.0 Å². The van der Waals surface area contributed by atoms with Crippen LogP contribution in [0.15, 0.2) is 84.9 Å². The molecule has 6 nitrogen and oxygen atoms in total. The number of methoxy groups -OCH3 is 1. The quantitative estimate of drug-likeness (QED) is 0.199. The number of β-lactam (4-membered cyclic amide) rings is 1. The fourth-order valence-electron chi connectivity index (χ4n) is 3.42. The third-order valence-corrected chi connectivity index (χ3v) is 4.95. The Kier molecular flexibility index (Phi) is 5.66. The van der Waals surface area contributed by atoms with Crippen LogP contribution in [0.1, 0.15) is 5.56 Å². The standard InChI is InChI=1S/C24H22N2O4/c1-29-20-14-12-19(13-15-20)26-22(17-25(28)16-18-8-4-2-5-9-18)23(24(26)27)30-21-10-6-3-7-11-21/h2-15,17,22-23H,16H2,1H3/b25-17-/t22-,23+/m0/s1. The topological polar surface area (TPSA) is 64.8 Å². The highest BCUT2D eigenvalue weighted by atomic mass is 16.5. The van der Waals surface area contributed by atoms with Gasteiger partial charge in [0.2, 0.25) is 6.10 Å². The highest BCUT2D eigenvalue weighted by molar-refractivity contribution is 6.10. The molecule has 0 bridgehead atoms. The first-order valence-electron chi connectivity index (χ1n) is 9.67. The minimum absolute atomic E-state index is 0.194. The van der Waals surface area contributed by atoms with E-state index in [1.807, 2.05) is 48.5 Å². The Bertz CT molecular complexity index is 1020. The van der Waals surface area contributed by atoms with E-state index >= 15 is 0 Å². The van der Waals surface area contributed by atoms with Crippen molar-refractivity contribution in [2.45, 2.75) is 18.7 Å². The van der Waals surface area contributed by atoms with Crippen LogP contribution in [0.3, 0.4) is 0 Å². The lowest BCUT2D eigenvalue weighted by Crippen LogP contribution is -2.68. The maximum absolute atomic E-state index is 12.9. The molecule has 0 aliphatic carbocycles. The van der Waals surface area contributed by atoms with Crippen molar-refractivity contribution in [1.29, 1.82) is 0 Å². The van der Waals surface area contributed by atoms with Gasteiger partial charge in [-0.1, -0.05) is 48.5 Å². The van der Waals surface area contributed by atoms with Crippen LogP contribution in [0.2, 0.25) is 0 Å². The molecule has 4 rings (SSSR count). The van der Waals surface area contributed by atoms with Gasteiger partial charge in [0, 0.05) is 11.3 Å². The molecule has 3 aromatic rings. The number of carbonyl (C=O) groups is 1. The van der Waals surface area contributed by atoms with E-state index in [0.717, 1.165) is 10.3 Å². The molecule has 1 fully saturated rings. The first kappa shape index (κ1) is 19.5. The second-order valence-electron chi connectivity index (χ2n) is 6.96.